The normalized spacial score (nSPS) is 16.8. The van der Waals surface area contributed by atoms with Gasteiger partial charge in [0.1, 0.15) is 28.6 Å². The molecule has 0 saturated heterocycles. The lowest BCUT2D eigenvalue weighted by Gasteiger charge is -2.16. The number of Topliss-reactive ketones (excluding diaryl/α,β-unsaturated/α-hetero) is 1. The predicted molar refractivity (Wildman–Crippen MR) is 109 cm³/mol. The third-order valence-electron chi connectivity index (χ3n) is 4.73. The summed E-state index contributed by atoms with van der Waals surface area (Å²) in [6, 6.07) is 2.14. The highest BCUT2D eigenvalue weighted by Crippen LogP contribution is 2.35. The second-order valence-corrected chi connectivity index (χ2v) is 6.87. The first-order valence-corrected chi connectivity index (χ1v) is 9.53. The van der Waals surface area contributed by atoms with Crippen molar-refractivity contribution in [2.24, 2.45) is 5.92 Å². The second kappa shape index (κ2) is 9.35. The van der Waals surface area contributed by atoms with E-state index < -0.39 is 53.8 Å². The molecule has 32 heavy (non-hydrogen) atoms. The van der Waals surface area contributed by atoms with E-state index in [1.54, 1.807) is 18.5 Å². The summed E-state index contributed by atoms with van der Waals surface area (Å²) in [7, 11) is 0. The number of fused-ring (bicyclic) bond motifs is 1. The van der Waals surface area contributed by atoms with Crippen LogP contribution in [0.2, 0.25) is 0 Å². The van der Waals surface area contributed by atoms with E-state index in [9.17, 15) is 24.6 Å². The molecule has 1 aromatic carbocycles. The van der Waals surface area contributed by atoms with Crippen LogP contribution in [0.25, 0.3) is 0 Å². The largest absolute Gasteiger partial charge is 0.507 e. The number of amides is 1. The third-order valence-corrected chi connectivity index (χ3v) is 4.73. The van der Waals surface area contributed by atoms with Gasteiger partial charge in [-0.25, -0.2) is 4.79 Å². The van der Waals surface area contributed by atoms with Gasteiger partial charge in [0.05, 0.1) is 19.1 Å². The van der Waals surface area contributed by atoms with Gasteiger partial charge in [0.25, 0.3) is 0 Å². The van der Waals surface area contributed by atoms with Crippen LogP contribution in [0.3, 0.4) is 0 Å². The molecule has 0 aromatic heterocycles. The maximum absolute atomic E-state index is 12.7. The number of carbonyl (C=O) groups excluding carboxylic acids is 3. The number of ketones is 1. The molecule has 0 saturated carbocycles. The van der Waals surface area contributed by atoms with E-state index in [0.29, 0.717) is 11.1 Å². The number of allylic oxidation sites excluding steroid dienone is 1. The van der Waals surface area contributed by atoms with Gasteiger partial charge >= 0.3 is 5.97 Å². The van der Waals surface area contributed by atoms with Gasteiger partial charge in [-0.05, 0) is 18.6 Å². The number of aromatic hydroxyl groups is 2. The minimum atomic E-state index is -0.723. The number of hydrogen-bond donors (Lipinski definition) is 5. The fourth-order valence-corrected chi connectivity index (χ4v) is 3.27. The first-order valence-electron chi connectivity index (χ1n) is 9.53. The first-order chi connectivity index (χ1) is 15.2. The summed E-state index contributed by atoms with van der Waals surface area (Å²) in [5, 5.41) is 36.9. The Hall–Kier alpha value is -4.12. The molecule has 1 unspecified atom stereocenters. The number of carbonyl (C=O) groups is 3. The molecule has 5 N–H and O–H groups in total. The van der Waals surface area contributed by atoms with Crippen molar-refractivity contribution < 1.29 is 39.3 Å². The number of nitrogens with zero attached hydrogens (tertiary/aromatic N) is 1. The summed E-state index contributed by atoms with van der Waals surface area (Å²) in [5.74, 6) is -3.83. The highest BCUT2D eigenvalue weighted by atomic mass is 16.6. The van der Waals surface area contributed by atoms with E-state index in [1.807, 2.05) is 0 Å². The van der Waals surface area contributed by atoms with Crippen LogP contribution in [-0.2, 0) is 14.3 Å². The average molecular weight is 443 g/mol. The van der Waals surface area contributed by atoms with E-state index in [4.69, 9.17) is 20.1 Å². The number of ether oxygens (including phenoxy) is 2. The molecule has 1 atom stereocenters. The number of hydrogen-bond acceptors (Lipinski definition) is 9. The van der Waals surface area contributed by atoms with Crippen LogP contribution in [0.1, 0.15) is 17.3 Å². The van der Waals surface area contributed by atoms with Gasteiger partial charge in [-0.3, -0.25) is 25.7 Å². The average Bonchev–Trinajstić information content (AvgIpc) is 3.06. The molecule has 1 amide bonds. The van der Waals surface area contributed by atoms with Crippen LogP contribution in [0.5, 0.6) is 17.2 Å². The monoisotopic (exact) mass is 443 g/mol. The lowest BCUT2D eigenvalue weighted by Crippen LogP contribution is -2.31. The van der Waals surface area contributed by atoms with Crippen LogP contribution in [0.4, 0.5) is 0 Å². The minimum absolute atomic E-state index is 0.0438. The van der Waals surface area contributed by atoms with Crippen LogP contribution in [0.15, 0.2) is 47.7 Å². The number of benzene rings is 1. The number of nitrogens with one attached hydrogen (secondary N) is 2. The summed E-state index contributed by atoms with van der Waals surface area (Å²) in [5.41, 5.74) is 2.20. The third kappa shape index (κ3) is 4.62. The quantitative estimate of drug-likeness (QED) is 0.129. The number of phenolic OH excluding ortho intramolecular Hbond substituents is 2. The molecule has 168 valence electrons. The Morgan fingerprint density at radius 2 is 1.94 bits per heavy atom. The molecule has 0 bridgehead atoms. The Kier molecular flexibility index (Phi) is 6.59. The second-order valence-electron chi connectivity index (χ2n) is 6.87. The van der Waals surface area contributed by atoms with Crippen molar-refractivity contribution in [3.63, 3.8) is 0 Å². The molecule has 3 rings (SSSR count). The highest BCUT2D eigenvalue weighted by Gasteiger charge is 2.34. The Balaban J connectivity index is 1.73. The van der Waals surface area contributed by atoms with Gasteiger partial charge in [-0.2, -0.15) is 0 Å². The lowest BCUT2D eigenvalue weighted by molar-refractivity contribution is -0.145. The summed E-state index contributed by atoms with van der Waals surface area (Å²) < 4.78 is 9.85. The van der Waals surface area contributed by atoms with E-state index in [2.05, 4.69) is 0 Å². The van der Waals surface area contributed by atoms with Crippen molar-refractivity contribution in [3.8, 4) is 17.2 Å². The highest BCUT2D eigenvalue weighted by molar-refractivity contribution is 6.05. The molecule has 2 aliphatic rings. The van der Waals surface area contributed by atoms with Crippen LogP contribution in [-0.4, -0.2) is 63.6 Å². The zero-order valence-electron chi connectivity index (χ0n) is 17.0. The van der Waals surface area contributed by atoms with Crippen LogP contribution in [0, 0.1) is 11.3 Å². The molecule has 1 aliphatic carbocycles. The fraction of sp³-hybridized carbons (Fsp3) is 0.238. The Bertz CT molecular complexity index is 1050. The van der Waals surface area contributed by atoms with E-state index >= 15 is 0 Å². The number of phenols is 2. The zero-order chi connectivity index (χ0) is 23.4. The molecule has 1 aromatic rings. The molecule has 0 radical (unpaired) electrons. The number of rotatable bonds is 8. The summed E-state index contributed by atoms with van der Waals surface area (Å²) in [4.78, 5) is 37.8. The van der Waals surface area contributed by atoms with Gasteiger partial charge in [-0.15, -0.1) is 0 Å². The molecular weight excluding hydrogens is 422 g/mol. The Morgan fingerprint density at radius 1 is 1.25 bits per heavy atom. The van der Waals surface area contributed by atoms with Gasteiger partial charge in [0.2, 0.25) is 5.91 Å². The zero-order valence-corrected chi connectivity index (χ0v) is 17.0. The van der Waals surface area contributed by atoms with Gasteiger partial charge in [0, 0.05) is 23.9 Å². The maximum Gasteiger partial charge on any atom is 0.344 e. The van der Waals surface area contributed by atoms with Crippen LogP contribution < -0.4 is 10.2 Å². The molecule has 0 spiro atoms. The number of hydroxylamine groups is 1. The molecule has 1 aliphatic heterocycles. The van der Waals surface area contributed by atoms with Crippen molar-refractivity contribution in [2.75, 3.05) is 19.8 Å². The summed E-state index contributed by atoms with van der Waals surface area (Å²) in [6.07, 6.45) is 6.02. The van der Waals surface area contributed by atoms with Crippen molar-refractivity contribution in [1.29, 1.82) is 5.41 Å². The van der Waals surface area contributed by atoms with Gasteiger partial charge in [-0.1, -0.05) is 12.2 Å². The number of amidine groups is 1. The van der Waals surface area contributed by atoms with E-state index in [1.165, 1.54) is 18.4 Å². The van der Waals surface area contributed by atoms with Crippen molar-refractivity contribution in [3.05, 3.63) is 53.3 Å². The minimum Gasteiger partial charge on any atom is -0.507 e. The van der Waals surface area contributed by atoms with Crippen molar-refractivity contribution >= 4 is 23.5 Å². The van der Waals surface area contributed by atoms with E-state index in [-0.39, 0.29) is 18.2 Å². The lowest BCUT2D eigenvalue weighted by atomic mass is 9.93. The SMILES string of the molecule is CCOC(=O)COc1cc(O)c(C(=O)CN2C=C3C=C(C(=N)NO)C=CC3C2=O)c(O)c1. The molecular formula is C21H21N3O8. The summed E-state index contributed by atoms with van der Waals surface area (Å²) >= 11 is 0. The Labute approximate surface area is 182 Å². The van der Waals surface area contributed by atoms with Gasteiger partial charge in [0.15, 0.2) is 12.4 Å². The molecule has 1 heterocycles. The molecule has 0 fully saturated rings. The van der Waals surface area contributed by atoms with Crippen molar-refractivity contribution in [1.82, 2.24) is 10.4 Å². The van der Waals surface area contributed by atoms with E-state index in [0.717, 1.165) is 17.0 Å². The molecule has 11 nitrogen and oxygen atoms in total. The fourth-order valence-electron chi connectivity index (χ4n) is 3.27. The first kappa shape index (κ1) is 22.6. The molecule has 11 heteroatoms. The van der Waals surface area contributed by atoms with Gasteiger partial charge < -0.3 is 24.6 Å². The number of esters is 1. The standard InChI is InChI=1S/C21H21N3O8/c1-2-31-18(28)10-32-13-6-15(25)19(16(26)7-13)17(27)9-24-8-12-5-11(20(22)23-30)3-4-14(12)21(24)29/h3-8,14,25-26,30H,2,9-10H2,1H3,(H2,22,23). The topological polar surface area (TPSA) is 169 Å². The van der Waals surface area contributed by atoms with Crippen LogP contribution >= 0.6 is 0 Å². The van der Waals surface area contributed by atoms with Crippen molar-refractivity contribution in [2.45, 2.75) is 6.92 Å². The predicted octanol–water partition coefficient (Wildman–Crippen LogP) is 1.02. The maximum atomic E-state index is 12.7. The summed E-state index contributed by atoms with van der Waals surface area (Å²) in [6.45, 7) is 0.917. The smallest absolute Gasteiger partial charge is 0.344 e. The Morgan fingerprint density at radius 3 is 2.56 bits per heavy atom.